The summed E-state index contributed by atoms with van der Waals surface area (Å²) < 4.78 is 7.51. The number of hydrogen-bond acceptors (Lipinski definition) is 3. The molecule has 0 unspecified atom stereocenters. The molecule has 0 fully saturated rings. The SMILES string of the molecule is Cc1cc(=O)n(C)c2cc3c(cc12)OCCN3C(C)C. The van der Waals surface area contributed by atoms with Gasteiger partial charge in [-0.05, 0) is 38.5 Å². The predicted octanol–water partition coefficient (Wildman–Crippen LogP) is 2.45. The molecule has 106 valence electrons. The van der Waals surface area contributed by atoms with E-state index in [4.69, 9.17) is 4.74 Å². The summed E-state index contributed by atoms with van der Waals surface area (Å²) in [6, 6.07) is 6.24. The molecule has 1 aromatic heterocycles. The largest absolute Gasteiger partial charge is 0.490 e. The summed E-state index contributed by atoms with van der Waals surface area (Å²) >= 11 is 0. The second-order valence-electron chi connectivity index (χ2n) is 5.70. The molecule has 20 heavy (non-hydrogen) atoms. The lowest BCUT2D eigenvalue weighted by Gasteiger charge is -2.34. The average molecular weight is 272 g/mol. The van der Waals surface area contributed by atoms with Gasteiger partial charge in [-0.3, -0.25) is 4.79 Å². The van der Waals surface area contributed by atoms with Gasteiger partial charge in [0.1, 0.15) is 12.4 Å². The Morgan fingerprint density at radius 3 is 2.70 bits per heavy atom. The standard InChI is InChI=1S/C16H20N2O2/c1-10(2)18-5-6-20-15-8-12-11(3)7-16(19)17(4)13(12)9-14(15)18/h7-10H,5-6H2,1-4H3. The molecular weight excluding hydrogens is 252 g/mol. The smallest absolute Gasteiger partial charge is 0.251 e. The monoisotopic (exact) mass is 272 g/mol. The van der Waals surface area contributed by atoms with Crippen molar-refractivity contribution in [3.63, 3.8) is 0 Å². The van der Waals surface area contributed by atoms with Crippen LogP contribution >= 0.6 is 0 Å². The Morgan fingerprint density at radius 2 is 2.00 bits per heavy atom. The molecule has 0 amide bonds. The Hall–Kier alpha value is -1.97. The highest BCUT2D eigenvalue weighted by atomic mass is 16.5. The van der Waals surface area contributed by atoms with E-state index >= 15 is 0 Å². The van der Waals surface area contributed by atoms with Crippen molar-refractivity contribution in [3.05, 3.63) is 34.1 Å². The van der Waals surface area contributed by atoms with Crippen LogP contribution in [-0.2, 0) is 7.05 Å². The summed E-state index contributed by atoms with van der Waals surface area (Å²) in [5.41, 5.74) is 3.07. The Labute approximate surface area is 118 Å². The van der Waals surface area contributed by atoms with Crippen molar-refractivity contribution in [2.75, 3.05) is 18.1 Å². The first-order valence-corrected chi connectivity index (χ1v) is 7.03. The van der Waals surface area contributed by atoms with Gasteiger partial charge >= 0.3 is 0 Å². The van der Waals surface area contributed by atoms with Gasteiger partial charge in [-0.2, -0.15) is 0 Å². The maximum absolute atomic E-state index is 12.0. The number of aromatic nitrogens is 1. The number of hydrogen-bond donors (Lipinski definition) is 0. The molecule has 0 N–H and O–H groups in total. The molecule has 1 aliphatic heterocycles. The highest BCUT2D eigenvalue weighted by molar-refractivity contribution is 5.89. The summed E-state index contributed by atoms with van der Waals surface area (Å²) in [5.74, 6) is 0.916. The normalized spacial score (nSPS) is 14.6. The lowest BCUT2D eigenvalue weighted by Crippen LogP contribution is -2.38. The van der Waals surface area contributed by atoms with E-state index in [0.717, 1.165) is 34.4 Å². The van der Waals surface area contributed by atoms with Crippen LogP contribution in [0.3, 0.4) is 0 Å². The Balaban J connectivity index is 2.33. The molecule has 3 rings (SSSR count). The molecule has 0 bridgehead atoms. The van der Waals surface area contributed by atoms with Gasteiger partial charge in [0.2, 0.25) is 0 Å². The van der Waals surface area contributed by atoms with Crippen LogP contribution in [0.15, 0.2) is 23.0 Å². The first-order valence-electron chi connectivity index (χ1n) is 7.03. The summed E-state index contributed by atoms with van der Waals surface area (Å²) in [6.45, 7) is 7.92. The highest BCUT2D eigenvalue weighted by Gasteiger charge is 2.22. The maximum Gasteiger partial charge on any atom is 0.251 e. The molecule has 0 atom stereocenters. The van der Waals surface area contributed by atoms with E-state index in [1.807, 2.05) is 14.0 Å². The quantitative estimate of drug-likeness (QED) is 0.799. The maximum atomic E-state index is 12.0. The average Bonchev–Trinajstić information content (AvgIpc) is 2.42. The van der Waals surface area contributed by atoms with E-state index < -0.39 is 0 Å². The van der Waals surface area contributed by atoms with E-state index in [-0.39, 0.29) is 5.56 Å². The van der Waals surface area contributed by atoms with Crippen molar-refractivity contribution in [1.29, 1.82) is 0 Å². The molecule has 0 radical (unpaired) electrons. The van der Waals surface area contributed by atoms with Gasteiger partial charge in [0.15, 0.2) is 0 Å². The molecule has 4 heteroatoms. The minimum Gasteiger partial charge on any atom is -0.490 e. The van der Waals surface area contributed by atoms with E-state index in [2.05, 4.69) is 30.9 Å². The zero-order valence-electron chi connectivity index (χ0n) is 12.4. The number of ether oxygens (including phenoxy) is 1. The first-order chi connectivity index (χ1) is 9.49. The van der Waals surface area contributed by atoms with Crippen LogP contribution in [0.2, 0.25) is 0 Å². The van der Waals surface area contributed by atoms with Gasteiger partial charge in [-0.15, -0.1) is 0 Å². The van der Waals surface area contributed by atoms with Gasteiger partial charge in [0, 0.05) is 24.5 Å². The lowest BCUT2D eigenvalue weighted by molar-refractivity contribution is 0.303. The predicted molar refractivity (Wildman–Crippen MR) is 81.9 cm³/mol. The molecule has 1 aromatic carbocycles. The van der Waals surface area contributed by atoms with Crippen molar-refractivity contribution < 1.29 is 4.74 Å². The van der Waals surface area contributed by atoms with Crippen molar-refractivity contribution in [3.8, 4) is 5.75 Å². The zero-order valence-corrected chi connectivity index (χ0v) is 12.4. The molecular formula is C16H20N2O2. The molecule has 0 saturated carbocycles. The minimum atomic E-state index is 0.0303. The van der Waals surface area contributed by atoms with Crippen molar-refractivity contribution >= 4 is 16.6 Å². The lowest BCUT2D eigenvalue weighted by atomic mass is 10.1. The summed E-state index contributed by atoms with van der Waals surface area (Å²) in [5, 5.41) is 1.08. The molecule has 0 spiro atoms. The second-order valence-corrected chi connectivity index (χ2v) is 5.70. The van der Waals surface area contributed by atoms with Crippen molar-refractivity contribution in [1.82, 2.24) is 4.57 Å². The highest BCUT2D eigenvalue weighted by Crippen LogP contribution is 2.37. The number of fused-ring (bicyclic) bond motifs is 2. The third-order valence-electron chi connectivity index (χ3n) is 4.06. The fourth-order valence-corrected chi connectivity index (χ4v) is 2.88. The van der Waals surface area contributed by atoms with Crippen molar-refractivity contribution in [2.24, 2.45) is 7.05 Å². The summed E-state index contributed by atoms with van der Waals surface area (Å²) in [4.78, 5) is 14.3. The van der Waals surface area contributed by atoms with Crippen LogP contribution < -0.4 is 15.2 Å². The zero-order chi connectivity index (χ0) is 14.4. The van der Waals surface area contributed by atoms with Crippen molar-refractivity contribution in [2.45, 2.75) is 26.8 Å². The second kappa shape index (κ2) is 4.54. The Bertz CT molecular complexity index is 731. The van der Waals surface area contributed by atoms with Gasteiger partial charge in [-0.1, -0.05) is 0 Å². The number of benzene rings is 1. The Kier molecular flexibility index (Phi) is 2.96. The van der Waals surface area contributed by atoms with Gasteiger partial charge in [0.05, 0.1) is 17.7 Å². The molecule has 1 aliphatic rings. The molecule has 2 heterocycles. The summed E-state index contributed by atoms with van der Waals surface area (Å²) in [6.07, 6.45) is 0. The van der Waals surface area contributed by atoms with Crippen LogP contribution in [-0.4, -0.2) is 23.8 Å². The third-order valence-corrected chi connectivity index (χ3v) is 4.06. The van der Waals surface area contributed by atoms with E-state index in [1.165, 1.54) is 0 Å². The van der Waals surface area contributed by atoms with Crippen LogP contribution in [0.25, 0.3) is 10.9 Å². The van der Waals surface area contributed by atoms with Gasteiger partial charge in [0.25, 0.3) is 5.56 Å². The number of aryl methyl sites for hydroxylation is 2. The fourth-order valence-electron chi connectivity index (χ4n) is 2.88. The third kappa shape index (κ3) is 1.87. The van der Waals surface area contributed by atoms with E-state index in [1.54, 1.807) is 10.6 Å². The molecule has 2 aromatic rings. The summed E-state index contributed by atoms with van der Waals surface area (Å²) in [7, 11) is 1.82. The number of anilines is 1. The van der Waals surface area contributed by atoms with Gasteiger partial charge < -0.3 is 14.2 Å². The van der Waals surface area contributed by atoms with Crippen LogP contribution in [0, 0.1) is 6.92 Å². The number of pyridine rings is 1. The number of rotatable bonds is 1. The van der Waals surface area contributed by atoms with Crippen LogP contribution in [0.1, 0.15) is 19.4 Å². The molecule has 0 saturated heterocycles. The Morgan fingerprint density at radius 1 is 1.25 bits per heavy atom. The fraction of sp³-hybridized carbons (Fsp3) is 0.438. The number of nitrogens with zero attached hydrogens (tertiary/aromatic N) is 2. The minimum absolute atomic E-state index is 0.0303. The van der Waals surface area contributed by atoms with Crippen LogP contribution in [0.4, 0.5) is 5.69 Å². The van der Waals surface area contributed by atoms with E-state index in [0.29, 0.717) is 12.6 Å². The first kappa shape index (κ1) is 13.0. The molecule has 4 nitrogen and oxygen atoms in total. The molecule has 0 aliphatic carbocycles. The van der Waals surface area contributed by atoms with Gasteiger partial charge in [-0.25, -0.2) is 0 Å². The van der Waals surface area contributed by atoms with E-state index in [9.17, 15) is 4.79 Å². The topological polar surface area (TPSA) is 34.5 Å². The van der Waals surface area contributed by atoms with Crippen LogP contribution in [0.5, 0.6) is 5.75 Å².